The summed E-state index contributed by atoms with van der Waals surface area (Å²) in [5, 5.41) is 0. The molecule has 0 aliphatic heterocycles. The number of ether oxygens (including phenoxy) is 3. The van der Waals surface area contributed by atoms with Gasteiger partial charge in [0.15, 0.2) is 0 Å². The van der Waals surface area contributed by atoms with Gasteiger partial charge in [-0.2, -0.15) is 0 Å². The monoisotopic (exact) mass is 438 g/mol. The molecule has 0 heterocycles. The summed E-state index contributed by atoms with van der Waals surface area (Å²) in [6.45, 7) is 0. The van der Waals surface area contributed by atoms with Crippen LogP contribution in [0.3, 0.4) is 0 Å². The lowest BCUT2D eigenvalue weighted by molar-refractivity contribution is 0.414. The molecule has 4 rings (SSSR count). The summed E-state index contributed by atoms with van der Waals surface area (Å²) in [5.41, 5.74) is 5.17. The van der Waals surface area contributed by atoms with Crippen LogP contribution in [0.15, 0.2) is 97.1 Å². The van der Waals surface area contributed by atoms with Crippen LogP contribution in [0.5, 0.6) is 23.0 Å². The highest BCUT2D eigenvalue weighted by Crippen LogP contribution is 2.24. The first-order valence-corrected chi connectivity index (χ1v) is 11.3. The van der Waals surface area contributed by atoms with Gasteiger partial charge >= 0.3 is 0 Å². The molecule has 3 heteroatoms. The van der Waals surface area contributed by atoms with E-state index in [-0.39, 0.29) is 0 Å². The van der Waals surface area contributed by atoms with E-state index in [0.29, 0.717) is 0 Å². The standard InChI is InChI=1S/C30H30O3/c1-31-27-16-10-23(11-17-27)6-7-24-14-20-29(21-15-24)33-30-5-3-4-26(22-30)9-8-25-12-18-28(32-2)19-13-25/h3-5,10-22H,6-9H2,1-2H3. The van der Waals surface area contributed by atoms with Gasteiger partial charge in [-0.1, -0.05) is 48.5 Å². The Morgan fingerprint density at radius 1 is 0.424 bits per heavy atom. The van der Waals surface area contributed by atoms with Crippen molar-refractivity contribution in [1.29, 1.82) is 0 Å². The SMILES string of the molecule is COc1ccc(CCc2ccc(Oc3cccc(CCc4ccc(OC)cc4)c3)cc2)cc1. The molecule has 0 bridgehead atoms. The highest BCUT2D eigenvalue weighted by Gasteiger charge is 2.03. The third-order valence-corrected chi connectivity index (χ3v) is 5.78. The molecule has 0 saturated carbocycles. The Morgan fingerprint density at radius 2 is 0.848 bits per heavy atom. The van der Waals surface area contributed by atoms with Crippen molar-refractivity contribution in [2.24, 2.45) is 0 Å². The van der Waals surface area contributed by atoms with Gasteiger partial charge in [0.05, 0.1) is 14.2 Å². The third-order valence-electron chi connectivity index (χ3n) is 5.78. The summed E-state index contributed by atoms with van der Waals surface area (Å²) in [5.74, 6) is 3.51. The molecular weight excluding hydrogens is 408 g/mol. The largest absolute Gasteiger partial charge is 0.497 e. The van der Waals surface area contributed by atoms with Crippen LogP contribution in [0.1, 0.15) is 22.3 Å². The fraction of sp³-hybridized carbons (Fsp3) is 0.200. The smallest absolute Gasteiger partial charge is 0.127 e. The zero-order chi connectivity index (χ0) is 22.9. The van der Waals surface area contributed by atoms with Crippen LogP contribution in [0.25, 0.3) is 0 Å². The minimum Gasteiger partial charge on any atom is -0.497 e. The van der Waals surface area contributed by atoms with Crippen LogP contribution in [0.2, 0.25) is 0 Å². The van der Waals surface area contributed by atoms with Gasteiger partial charge < -0.3 is 14.2 Å². The Balaban J connectivity index is 1.30. The maximum absolute atomic E-state index is 6.11. The lowest BCUT2D eigenvalue weighted by Gasteiger charge is -2.09. The third kappa shape index (κ3) is 6.63. The Hall–Kier alpha value is -3.72. The van der Waals surface area contributed by atoms with E-state index in [2.05, 4.69) is 54.6 Å². The summed E-state index contributed by atoms with van der Waals surface area (Å²) < 4.78 is 16.6. The van der Waals surface area contributed by atoms with E-state index in [4.69, 9.17) is 14.2 Å². The Kier molecular flexibility index (Phi) is 7.65. The number of benzene rings is 4. The van der Waals surface area contributed by atoms with Crippen LogP contribution >= 0.6 is 0 Å². The Labute approximate surface area is 196 Å². The van der Waals surface area contributed by atoms with Crippen LogP contribution in [0, 0.1) is 0 Å². The first kappa shape index (κ1) is 22.5. The van der Waals surface area contributed by atoms with E-state index < -0.39 is 0 Å². The molecule has 0 aliphatic carbocycles. The van der Waals surface area contributed by atoms with Crippen molar-refractivity contribution in [3.63, 3.8) is 0 Å². The Bertz CT molecular complexity index is 1130. The average molecular weight is 439 g/mol. The predicted octanol–water partition coefficient (Wildman–Crippen LogP) is 7.07. The van der Waals surface area contributed by atoms with Crippen LogP contribution in [0.4, 0.5) is 0 Å². The molecule has 0 spiro atoms. The highest BCUT2D eigenvalue weighted by molar-refractivity contribution is 5.36. The van der Waals surface area contributed by atoms with Gasteiger partial charge in [0, 0.05) is 0 Å². The molecule has 3 nitrogen and oxygen atoms in total. The molecule has 0 aliphatic rings. The molecule has 0 fully saturated rings. The molecular formula is C30H30O3. The van der Waals surface area contributed by atoms with E-state index in [0.717, 1.165) is 48.7 Å². The second-order valence-electron chi connectivity index (χ2n) is 8.09. The second kappa shape index (κ2) is 11.2. The van der Waals surface area contributed by atoms with Gasteiger partial charge in [0.25, 0.3) is 0 Å². The maximum Gasteiger partial charge on any atom is 0.127 e. The van der Waals surface area contributed by atoms with Crippen molar-refractivity contribution in [2.45, 2.75) is 25.7 Å². The van der Waals surface area contributed by atoms with Crippen molar-refractivity contribution in [3.8, 4) is 23.0 Å². The van der Waals surface area contributed by atoms with Crippen molar-refractivity contribution < 1.29 is 14.2 Å². The first-order chi connectivity index (χ1) is 16.2. The molecule has 0 atom stereocenters. The van der Waals surface area contributed by atoms with E-state index >= 15 is 0 Å². The quantitative estimate of drug-likeness (QED) is 0.265. The van der Waals surface area contributed by atoms with Crippen molar-refractivity contribution in [2.75, 3.05) is 14.2 Å². The predicted molar refractivity (Wildman–Crippen MR) is 134 cm³/mol. The highest BCUT2D eigenvalue weighted by atomic mass is 16.5. The lowest BCUT2D eigenvalue weighted by Crippen LogP contribution is -1.94. The minimum atomic E-state index is 0.857. The van der Waals surface area contributed by atoms with Gasteiger partial charge in [-0.3, -0.25) is 0 Å². The van der Waals surface area contributed by atoms with Crippen LogP contribution in [-0.2, 0) is 25.7 Å². The van der Waals surface area contributed by atoms with Gasteiger partial charge in [-0.05, 0) is 96.5 Å². The number of methoxy groups -OCH3 is 2. The van der Waals surface area contributed by atoms with Crippen molar-refractivity contribution >= 4 is 0 Å². The molecule has 4 aromatic rings. The number of rotatable bonds is 10. The average Bonchev–Trinajstić information content (AvgIpc) is 2.88. The first-order valence-electron chi connectivity index (χ1n) is 11.3. The minimum absolute atomic E-state index is 0.857. The topological polar surface area (TPSA) is 27.7 Å². The summed E-state index contributed by atoms with van der Waals surface area (Å²) in [6.07, 6.45) is 3.94. The number of hydrogen-bond donors (Lipinski definition) is 0. The second-order valence-corrected chi connectivity index (χ2v) is 8.09. The lowest BCUT2D eigenvalue weighted by atomic mass is 10.0. The van der Waals surface area contributed by atoms with Gasteiger partial charge in [-0.15, -0.1) is 0 Å². The maximum atomic E-state index is 6.11. The summed E-state index contributed by atoms with van der Waals surface area (Å²) in [6, 6.07) is 33.3. The molecule has 0 amide bonds. The van der Waals surface area contributed by atoms with Gasteiger partial charge in [0.1, 0.15) is 23.0 Å². The van der Waals surface area contributed by atoms with E-state index in [1.807, 2.05) is 42.5 Å². The van der Waals surface area contributed by atoms with E-state index in [9.17, 15) is 0 Å². The summed E-state index contributed by atoms with van der Waals surface area (Å²) in [7, 11) is 3.38. The molecule has 4 aromatic carbocycles. The molecule has 0 radical (unpaired) electrons. The number of hydrogen-bond acceptors (Lipinski definition) is 3. The van der Waals surface area contributed by atoms with E-state index in [1.54, 1.807) is 14.2 Å². The van der Waals surface area contributed by atoms with E-state index in [1.165, 1.54) is 22.3 Å². The molecule has 168 valence electrons. The van der Waals surface area contributed by atoms with Crippen LogP contribution < -0.4 is 14.2 Å². The fourth-order valence-electron chi connectivity index (χ4n) is 3.79. The molecule has 0 unspecified atom stereocenters. The molecule has 0 N–H and O–H groups in total. The van der Waals surface area contributed by atoms with Crippen molar-refractivity contribution in [3.05, 3.63) is 119 Å². The van der Waals surface area contributed by atoms with Gasteiger partial charge in [-0.25, -0.2) is 0 Å². The number of aryl methyl sites for hydroxylation is 4. The van der Waals surface area contributed by atoms with Crippen molar-refractivity contribution in [1.82, 2.24) is 0 Å². The van der Waals surface area contributed by atoms with Crippen LogP contribution in [-0.4, -0.2) is 14.2 Å². The zero-order valence-corrected chi connectivity index (χ0v) is 19.3. The summed E-state index contributed by atoms with van der Waals surface area (Å²) >= 11 is 0. The zero-order valence-electron chi connectivity index (χ0n) is 19.3. The fourth-order valence-corrected chi connectivity index (χ4v) is 3.79. The normalized spacial score (nSPS) is 10.6. The molecule has 0 saturated heterocycles. The molecule has 33 heavy (non-hydrogen) atoms. The summed E-state index contributed by atoms with van der Waals surface area (Å²) in [4.78, 5) is 0. The van der Waals surface area contributed by atoms with Gasteiger partial charge in [0.2, 0.25) is 0 Å². The Morgan fingerprint density at radius 3 is 1.30 bits per heavy atom. The molecule has 0 aromatic heterocycles.